The van der Waals surface area contributed by atoms with Crippen molar-refractivity contribution >= 4 is 17.3 Å². The Morgan fingerprint density at radius 2 is 2.10 bits per heavy atom. The fourth-order valence-electron chi connectivity index (χ4n) is 2.20. The summed E-state index contributed by atoms with van der Waals surface area (Å²) in [5.41, 5.74) is 3.00. The first-order valence-corrected chi connectivity index (χ1v) is 7.86. The number of hydrogen-bond donors (Lipinski definition) is 1. The zero-order valence-electron chi connectivity index (χ0n) is 11.4. The van der Waals surface area contributed by atoms with E-state index in [1.165, 1.54) is 17.7 Å². The second-order valence-electron chi connectivity index (χ2n) is 5.09. The molecular weight excluding hydrogens is 280 g/mol. The molecule has 3 aromatic heterocycles. The van der Waals surface area contributed by atoms with Gasteiger partial charge in [0.15, 0.2) is 0 Å². The number of hydrogen-bond acceptors (Lipinski definition) is 5. The molecule has 0 aromatic carbocycles. The highest BCUT2D eigenvalue weighted by molar-refractivity contribution is 7.13. The number of nitrogens with one attached hydrogen (secondary N) is 1. The van der Waals surface area contributed by atoms with E-state index < -0.39 is 0 Å². The summed E-state index contributed by atoms with van der Waals surface area (Å²) < 4.78 is 0. The smallest absolute Gasteiger partial charge is 0.223 e. The molecular formula is C16H14N4S. The Kier molecular flexibility index (Phi) is 3.12. The third-order valence-electron chi connectivity index (χ3n) is 3.42. The highest BCUT2D eigenvalue weighted by Crippen LogP contribution is 2.33. The minimum atomic E-state index is 0.541. The molecule has 3 aromatic rings. The van der Waals surface area contributed by atoms with Crippen molar-refractivity contribution in [3.8, 4) is 21.7 Å². The molecule has 0 spiro atoms. The van der Waals surface area contributed by atoms with E-state index >= 15 is 0 Å². The molecule has 3 heterocycles. The molecule has 21 heavy (non-hydrogen) atoms. The van der Waals surface area contributed by atoms with Gasteiger partial charge in [-0.3, -0.25) is 4.98 Å². The van der Waals surface area contributed by atoms with Crippen molar-refractivity contribution in [2.24, 2.45) is 0 Å². The van der Waals surface area contributed by atoms with E-state index in [1.807, 2.05) is 30.6 Å². The van der Waals surface area contributed by atoms with Gasteiger partial charge in [-0.15, -0.1) is 11.3 Å². The Morgan fingerprint density at radius 3 is 2.81 bits per heavy atom. The van der Waals surface area contributed by atoms with Gasteiger partial charge in [0.2, 0.25) is 5.95 Å². The van der Waals surface area contributed by atoms with Crippen molar-refractivity contribution in [3.63, 3.8) is 0 Å². The number of thiophene rings is 1. The lowest BCUT2D eigenvalue weighted by Crippen LogP contribution is -2.06. The molecule has 4 rings (SSSR count). The highest BCUT2D eigenvalue weighted by Gasteiger charge is 2.22. The van der Waals surface area contributed by atoms with Crippen LogP contribution in [-0.2, 0) is 0 Å². The van der Waals surface area contributed by atoms with Crippen molar-refractivity contribution in [1.29, 1.82) is 0 Å². The summed E-state index contributed by atoms with van der Waals surface area (Å²) in [6.45, 7) is 0. The molecule has 0 aliphatic heterocycles. The van der Waals surface area contributed by atoms with Crippen molar-refractivity contribution in [1.82, 2.24) is 15.0 Å². The fraction of sp³-hybridized carbons (Fsp3) is 0.188. The Labute approximate surface area is 126 Å². The molecule has 1 saturated carbocycles. The molecule has 104 valence electrons. The maximum atomic E-state index is 4.72. The van der Waals surface area contributed by atoms with Gasteiger partial charge in [0.1, 0.15) is 0 Å². The monoisotopic (exact) mass is 294 g/mol. The van der Waals surface area contributed by atoms with E-state index in [2.05, 4.69) is 26.7 Å². The van der Waals surface area contributed by atoms with Crippen LogP contribution in [0.5, 0.6) is 0 Å². The van der Waals surface area contributed by atoms with E-state index in [9.17, 15) is 0 Å². The first kappa shape index (κ1) is 12.5. The SMILES string of the molecule is c1cncc(-c2nc(NC3CC3)ncc2-c2cccs2)c1. The van der Waals surface area contributed by atoms with Crippen LogP contribution in [-0.4, -0.2) is 21.0 Å². The van der Waals surface area contributed by atoms with Crippen LogP contribution in [0.1, 0.15) is 12.8 Å². The van der Waals surface area contributed by atoms with Gasteiger partial charge in [0, 0.05) is 40.6 Å². The van der Waals surface area contributed by atoms with Gasteiger partial charge < -0.3 is 5.32 Å². The molecule has 0 unspecified atom stereocenters. The number of pyridine rings is 1. The van der Waals surface area contributed by atoms with Crippen molar-refractivity contribution < 1.29 is 0 Å². The average molecular weight is 294 g/mol. The maximum Gasteiger partial charge on any atom is 0.223 e. The number of nitrogens with zero attached hydrogens (tertiary/aromatic N) is 3. The molecule has 1 aliphatic rings. The summed E-state index contributed by atoms with van der Waals surface area (Å²) in [6, 6.07) is 8.65. The molecule has 0 atom stereocenters. The van der Waals surface area contributed by atoms with Crippen LogP contribution in [0.25, 0.3) is 21.7 Å². The van der Waals surface area contributed by atoms with E-state index in [0.29, 0.717) is 12.0 Å². The van der Waals surface area contributed by atoms with Crippen molar-refractivity contribution in [3.05, 3.63) is 48.2 Å². The second-order valence-corrected chi connectivity index (χ2v) is 6.04. The summed E-state index contributed by atoms with van der Waals surface area (Å²) in [5, 5.41) is 5.43. The summed E-state index contributed by atoms with van der Waals surface area (Å²) >= 11 is 1.70. The van der Waals surface area contributed by atoms with Gasteiger partial charge in [-0.1, -0.05) is 6.07 Å². The summed E-state index contributed by atoms with van der Waals surface area (Å²) in [4.78, 5) is 14.6. The first-order chi connectivity index (χ1) is 10.4. The van der Waals surface area contributed by atoms with Crippen LogP contribution in [0.3, 0.4) is 0 Å². The summed E-state index contributed by atoms with van der Waals surface area (Å²) in [6.07, 6.45) is 7.95. The summed E-state index contributed by atoms with van der Waals surface area (Å²) in [5.74, 6) is 0.705. The molecule has 4 nitrogen and oxygen atoms in total. The topological polar surface area (TPSA) is 50.7 Å². The number of aromatic nitrogens is 3. The Hall–Kier alpha value is -2.27. The minimum absolute atomic E-state index is 0.541. The number of rotatable bonds is 4. The van der Waals surface area contributed by atoms with Gasteiger partial charge in [-0.2, -0.15) is 0 Å². The average Bonchev–Trinajstić information content (AvgIpc) is 3.18. The molecule has 1 N–H and O–H groups in total. The molecule has 0 amide bonds. The molecule has 1 fully saturated rings. The molecule has 0 bridgehead atoms. The number of anilines is 1. The van der Waals surface area contributed by atoms with Crippen LogP contribution >= 0.6 is 11.3 Å². The first-order valence-electron chi connectivity index (χ1n) is 6.98. The van der Waals surface area contributed by atoms with Gasteiger partial charge in [0.25, 0.3) is 0 Å². The highest BCUT2D eigenvalue weighted by atomic mass is 32.1. The molecule has 0 saturated heterocycles. The van der Waals surface area contributed by atoms with Crippen LogP contribution in [0.2, 0.25) is 0 Å². The van der Waals surface area contributed by atoms with Gasteiger partial charge in [0.05, 0.1) is 5.69 Å². The Bertz CT molecular complexity index is 736. The lowest BCUT2D eigenvalue weighted by molar-refractivity contribution is 1.06. The van der Waals surface area contributed by atoms with Crippen LogP contribution in [0, 0.1) is 0 Å². The second kappa shape index (κ2) is 5.26. The predicted molar refractivity (Wildman–Crippen MR) is 85.2 cm³/mol. The van der Waals surface area contributed by atoms with E-state index in [1.54, 1.807) is 17.5 Å². The zero-order chi connectivity index (χ0) is 14.1. The largest absolute Gasteiger partial charge is 0.351 e. The third kappa shape index (κ3) is 2.64. The lowest BCUT2D eigenvalue weighted by atomic mass is 10.1. The van der Waals surface area contributed by atoms with Crippen LogP contribution in [0.15, 0.2) is 48.2 Å². The fourth-order valence-corrected chi connectivity index (χ4v) is 2.93. The summed E-state index contributed by atoms with van der Waals surface area (Å²) in [7, 11) is 0. The van der Waals surface area contributed by atoms with E-state index in [0.717, 1.165) is 16.8 Å². The van der Waals surface area contributed by atoms with Gasteiger partial charge in [-0.25, -0.2) is 9.97 Å². The Balaban J connectivity index is 1.82. The molecule has 5 heteroatoms. The Morgan fingerprint density at radius 1 is 1.14 bits per heavy atom. The van der Waals surface area contributed by atoms with E-state index in [4.69, 9.17) is 4.98 Å². The van der Waals surface area contributed by atoms with Crippen molar-refractivity contribution in [2.45, 2.75) is 18.9 Å². The lowest BCUT2D eigenvalue weighted by Gasteiger charge is -2.10. The maximum absolute atomic E-state index is 4.72. The normalized spacial score (nSPS) is 14.1. The van der Waals surface area contributed by atoms with Crippen LogP contribution < -0.4 is 5.32 Å². The van der Waals surface area contributed by atoms with Crippen molar-refractivity contribution in [2.75, 3.05) is 5.32 Å². The van der Waals surface area contributed by atoms with Crippen LogP contribution in [0.4, 0.5) is 5.95 Å². The van der Waals surface area contributed by atoms with E-state index in [-0.39, 0.29) is 0 Å². The standard InChI is InChI=1S/C16H14N4S/c1-3-11(9-17-7-1)15-13(14-4-2-8-21-14)10-18-16(20-15)19-12-5-6-12/h1-4,7-10,12H,5-6H2,(H,18,19,20). The predicted octanol–water partition coefficient (Wildman–Crippen LogP) is 3.84. The molecule has 0 radical (unpaired) electrons. The third-order valence-corrected chi connectivity index (χ3v) is 4.32. The quantitative estimate of drug-likeness (QED) is 0.794. The molecule has 1 aliphatic carbocycles. The minimum Gasteiger partial charge on any atom is -0.351 e. The zero-order valence-corrected chi connectivity index (χ0v) is 12.2. The van der Waals surface area contributed by atoms with Gasteiger partial charge >= 0.3 is 0 Å². The van der Waals surface area contributed by atoms with Gasteiger partial charge in [-0.05, 0) is 36.4 Å².